The first-order valence-corrected chi connectivity index (χ1v) is 12.9. The van der Waals surface area contributed by atoms with Crippen molar-refractivity contribution in [1.82, 2.24) is 14.5 Å². The number of urea groups is 1. The maximum Gasteiger partial charge on any atom is 0.319 e. The number of ether oxygens (including phenoxy) is 2. The topological polar surface area (TPSA) is 117 Å². The molecule has 0 unspecified atom stereocenters. The average Bonchev–Trinajstić information content (AvgIpc) is 2.75. The Kier molecular flexibility index (Phi) is 9.50. The second kappa shape index (κ2) is 11.7. The minimum atomic E-state index is -3.51. The number of benzene rings is 1. The monoisotopic (exact) mass is 484 g/mol. The van der Waals surface area contributed by atoms with Crippen molar-refractivity contribution in [3.05, 3.63) is 23.8 Å². The maximum absolute atomic E-state index is 13.2. The van der Waals surface area contributed by atoms with Gasteiger partial charge >= 0.3 is 6.03 Å². The molecule has 0 radical (unpaired) electrons. The predicted octanol–water partition coefficient (Wildman–Crippen LogP) is 1.98. The van der Waals surface area contributed by atoms with Gasteiger partial charge in [-0.05, 0) is 31.4 Å². The Labute approximate surface area is 196 Å². The number of anilines is 1. The summed E-state index contributed by atoms with van der Waals surface area (Å²) in [6, 6.07) is 3.96. The first-order valence-electron chi connectivity index (χ1n) is 11.0. The minimum absolute atomic E-state index is 0.0346. The van der Waals surface area contributed by atoms with Crippen molar-refractivity contribution in [1.29, 1.82) is 0 Å². The number of nitrogens with zero attached hydrogens (tertiary/aromatic N) is 2. The molecule has 10 nitrogen and oxygen atoms in total. The molecule has 33 heavy (non-hydrogen) atoms. The van der Waals surface area contributed by atoms with E-state index in [-0.39, 0.29) is 49.4 Å². The number of amides is 3. The lowest BCUT2D eigenvalue weighted by Crippen LogP contribution is -2.48. The summed E-state index contributed by atoms with van der Waals surface area (Å²) in [4.78, 5) is 26.8. The van der Waals surface area contributed by atoms with E-state index in [0.29, 0.717) is 17.8 Å². The highest BCUT2D eigenvalue weighted by molar-refractivity contribution is 7.88. The SMILES string of the molecule is CCCNC(=O)Nc1ccc2c(c1)OC[C@H](C)N(S(C)(=O)=O)C[C@@H](C)[C@@H](OC)CN(C)C2=O. The fourth-order valence-corrected chi connectivity index (χ4v) is 4.91. The number of methoxy groups -OCH3 is 1. The largest absolute Gasteiger partial charge is 0.491 e. The van der Waals surface area contributed by atoms with Gasteiger partial charge in [-0.15, -0.1) is 0 Å². The van der Waals surface area contributed by atoms with Gasteiger partial charge in [0.15, 0.2) is 0 Å². The molecule has 2 rings (SSSR count). The average molecular weight is 485 g/mol. The number of carbonyl (C=O) groups excluding carboxylic acids is 2. The van der Waals surface area contributed by atoms with E-state index in [2.05, 4.69) is 10.6 Å². The van der Waals surface area contributed by atoms with E-state index in [1.165, 1.54) is 15.5 Å². The third-order valence-corrected chi connectivity index (χ3v) is 6.97. The van der Waals surface area contributed by atoms with Crippen LogP contribution in [0, 0.1) is 5.92 Å². The van der Waals surface area contributed by atoms with Crippen molar-refractivity contribution in [2.75, 3.05) is 52.0 Å². The van der Waals surface area contributed by atoms with Crippen molar-refractivity contribution < 1.29 is 27.5 Å². The van der Waals surface area contributed by atoms with E-state index in [1.54, 1.807) is 39.3 Å². The predicted molar refractivity (Wildman–Crippen MR) is 127 cm³/mol. The zero-order valence-electron chi connectivity index (χ0n) is 20.3. The van der Waals surface area contributed by atoms with Gasteiger partial charge in [-0.2, -0.15) is 4.31 Å². The van der Waals surface area contributed by atoms with Crippen molar-refractivity contribution in [2.24, 2.45) is 5.92 Å². The summed E-state index contributed by atoms with van der Waals surface area (Å²) >= 11 is 0. The van der Waals surface area contributed by atoms with Crippen LogP contribution < -0.4 is 15.4 Å². The number of hydrogen-bond acceptors (Lipinski definition) is 6. The number of fused-ring (bicyclic) bond motifs is 1. The van der Waals surface area contributed by atoms with Gasteiger partial charge in [0.25, 0.3) is 5.91 Å². The van der Waals surface area contributed by atoms with E-state index in [9.17, 15) is 18.0 Å². The zero-order chi connectivity index (χ0) is 24.8. The van der Waals surface area contributed by atoms with Gasteiger partial charge in [-0.3, -0.25) is 4.79 Å². The Balaban J connectivity index is 2.43. The van der Waals surface area contributed by atoms with Crippen molar-refractivity contribution in [3.8, 4) is 5.75 Å². The van der Waals surface area contributed by atoms with E-state index in [4.69, 9.17) is 9.47 Å². The number of likely N-dealkylation sites (N-methyl/N-ethyl adjacent to an activating group) is 1. The summed E-state index contributed by atoms with van der Waals surface area (Å²) < 4.78 is 37.9. The summed E-state index contributed by atoms with van der Waals surface area (Å²) in [5, 5.41) is 5.45. The highest BCUT2D eigenvalue weighted by Crippen LogP contribution is 2.27. The molecule has 0 spiro atoms. The van der Waals surface area contributed by atoms with Crippen LogP contribution in [0.5, 0.6) is 5.75 Å². The first kappa shape index (κ1) is 26.9. The molecule has 1 aromatic carbocycles. The number of sulfonamides is 1. The second-order valence-electron chi connectivity index (χ2n) is 8.52. The van der Waals surface area contributed by atoms with Crippen LogP contribution in [0.15, 0.2) is 18.2 Å². The van der Waals surface area contributed by atoms with Crippen molar-refractivity contribution >= 4 is 27.6 Å². The molecule has 3 amide bonds. The number of rotatable bonds is 5. The molecule has 1 aromatic rings. The standard InChI is InChI=1S/C22H36N4O6S/c1-7-10-23-22(28)24-17-8-9-18-19(11-17)32-14-16(3)26(33(6,29)30)12-15(2)20(31-5)13-25(4)21(18)27/h8-9,11,15-16,20H,7,10,12-14H2,1-6H3,(H2,23,24,28)/t15-,16+,20+/m1/s1. The van der Waals surface area contributed by atoms with Gasteiger partial charge in [0.05, 0.1) is 24.0 Å². The molecule has 0 aliphatic carbocycles. The Hall–Kier alpha value is -2.37. The molecular formula is C22H36N4O6S. The van der Waals surface area contributed by atoms with E-state index in [1.807, 2.05) is 13.8 Å². The number of hydrogen-bond donors (Lipinski definition) is 2. The maximum atomic E-state index is 13.2. The third kappa shape index (κ3) is 7.31. The molecule has 0 fully saturated rings. The molecule has 2 N–H and O–H groups in total. The second-order valence-corrected chi connectivity index (χ2v) is 10.5. The van der Waals surface area contributed by atoms with Crippen molar-refractivity contribution in [2.45, 2.75) is 39.3 Å². The summed E-state index contributed by atoms with van der Waals surface area (Å²) in [7, 11) is -0.293. The molecule has 0 saturated carbocycles. The number of nitrogens with one attached hydrogen (secondary N) is 2. The quantitative estimate of drug-likeness (QED) is 0.660. The third-order valence-electron chi connectivity index (χ3n) is 5.61. The molecule has 1 heterocycles. The lowest BCUT2D eigenvalue weighted by atomic mass is 10.0. The molecule has 186 valence electrons. The molecule has 0 bridgehead atoms. The van der Waals surface area contributed by atoms with Crippen LogP contribution in [-0.4, -0.2) is 88.4 Å². The van der Waals surface area contributed by atoms with Crippen LogP contribution in [-0.2, 0) is 14.8 Å². The molecule has 1 aliphatic heterocycles. The fourth-order valence-electron chi connectivity index (χ4n) is 3.69. The Morgan fingerprint density at radius 3 is 2.58 bits per heavy atom. The summed E-state index contributed by atoms with van der Waals surface area (Å²) in [5.41, 5.74) is 0.777. The summed E-state index contributed by atoms with van der Waals surface area (Å²) in [6.45, 7) is 6.70. The molecule has 1 aliphatic rings. The lowest BCUT2D eigenvalue weighted by Gasteiger charge is -2.34. The van der Waals surface area contributed by atoms with Gasteiger partial charge in [0.2, 0.25) is 10.0 Å². The fraction of sp³-hybridized carbons (Fsp3) is 0.636. The van der Waals surface area contributed by atoms with Gasteiger partial charge in [-0.1, -0.05) is 13.8 Å². The van der Waals surface area contributed by atoms with E-state index < -0.39 is 16.1 Å². The van der Waals surface area contributed by atoms with Crippen LogP contribution in [0.25, 0.3) is 0 Å². The smallest absolute Gasteiger partial charge is 0.319 e. The minimum Gasteiger partial charge on any atom is -0.491 e. The van der Waals surface area contributed by atoms with Crippen LogP contribution >= 0.6 is 0 Å². The molecule has 0 saturated heterocycles. The van der Waals surface area contributed by atoms with Crippen LogP contribution in [0.3, 0.4) is 0 Å². The van der Waals surface area contributed by atoms with Gasteiger partial charge in [-0.25, -0.2) is 13.2 Å². The van der Waals surface area contributed by atoms with Crippen LogP contribution in [0.4, 0.5) is 10.5 Å². The molecule has 11 heteroatoms. The first-order chi connectivity index (χ1) is 15.5. The molecular weight excluding hydrogens is 448 g/mol. The molecule has 0 aromatic heterocycles. The normalized spacial score (nSPS) is 23.0. The van der Waals surface area contributed by atoms with Gasteiger partial charge in [0, 0.05) is 45.5 Å². The number of carbonyl (C=O) groups is 2. The van der Waals surface area contributed by atoms with Gasteiger partial charge in [0.1, 0.15) is 12.4 Å². The van der Waals surface area contributed by atoms with Gasteiger partial charge < -0.3 is 25.0 Å². The lowest BCUT2D eigenvalue weighted by molar-refractivity contribution is 0.0213. The Bertz CT molecular complexity index is 939. The van der Waals surface area contributed by atoms with Crippen LogP contribution in [0.1, 0.15) is 37.6 Å². The zero-order valence-corrected chi connectivity index (χ0v) is 21.1. The highest BCUT2D eigenvalue weighted by atomic mass is 32.2. The summed E-state index contributed by atoms with van der Waals surface area (Å²) in [6.07, 6.45) is 1.62. The van der Waals surface area contributed by atoms with E-state index in [0.717, 1.165) is 6.42 Å². The Morgan fingerprint density at radius 2 is 1.97 bits per heavy atom. The molecule has 3 atom stereocenters. The summed E-state index contributed by atoms with van der Waals surface area (Å²) in [5.74, 6) is -0.146. The van der Waals surface area contributed by atoms with Crippen molar-refractivity contribution in [3.63, 3.8) is 0 Å². The van der Waals surface area contributed by atoms with E-state index >= 15 is 0 Å². The Morgan fingerprint density at radius 1 is 1.27 bits per heavy atom. The van der Waals surface area contributed by atoms with Crippen LogP contribution in [0.2, 0.25) is 0 Å². The highest BCUT2D eigenvalue weighted by Gasteiger charge is 2.31.